The van der Waals surface area contributed by atoms with Crippen LogP contribution in [0.15, 0.2) is 21.9 Å². The second-order valence-corrected chi connectivity index (χ2v) is 2.89. The Labute approximate surface area is 51.5 Å². The molecule has 0 unspecified atom stereocenters. The quantitative estimate of drug-likeness (QED) is 0.571. The maximum absolute atomic E-state index is 10.3. The van der Waals surface area contributed by atoms with Gasteiger partial charge in [0.15, 0.2) is 0 Å². The molecule has 0 spiro atoms. The van der Waals surface area contributed by atoms with Crippen molar-refractivity contribution in [3.05, 3.63) is 12.3 Å². The van der Waals surface area contributed by atoms with Gasteiger partial charge in [-0.05, 0) is 0 Å². The number of aromatic nitrogens is 1. The summed E-state index contributed by atoms with van der Waals surface area (Å²) in [7, 11) is -3.66. The van der Waals surface area contributed by atoms with Crippen molar-refractivity contribution in [1.29, 1.82) is 0 Å². The summed E-state index contributed by atoms with van der Waals surface area (Å²) in [5, 5.41) is 7.50. The van der Waals surface area contributed by atoms with E-state index in [2.05, 4.69) is 14.8 Å². The van der Waals surface area contributed by atoms with E-state index in [0.717, 1.165) is 6.26 Å². The summed E-state index contributed by atoms with van der Waals surface area (Å²) < 4.78 is 24.9. The number of hydrogen-bond acceptors (Lipinski definition) is 4. The first-order valence-corrected chi connectivity index (χ1v) is 3.58. The Kier molecular flexibility index (Phi) is 1.26. The summed E-state index contributed by atoms with van der Waals surface area (Å²) in [6, 6.07) is 1.18. The summed E-state index contributed by atoms with van der Waals surface area (Å²) in [5.41, 5.74) is 0. The van der Waals surface area contributed by atoms with E-state index in [1.165, 1.54) is 6.07 Å². The minimum atomic E-state index is -3.66. The molecule has 1 aromatic heterocycles. The first kappa shape index (κ1) is 6.24. The molecule has 0 aliphatic carbocycles. The first-order valence-electron chi connectivity index (χ1n) is 2.04. The van der Waals surface area contributed by atoms with Gasteiger partial charge in [0, 0.05) is 6.07 Å². The van der Waals surface area contributed by atoms with Crippen molar-refractivity contribution in [3.63, 3.8) is 0 Å². The molecule has 0 aliphatic rings. The lowest BCUT2D eigenvalue weighted by Gasteiger charge is -1.83. The van der Waals surface area contributed by atoms with Crippen molar-refractivity contribution in [2.45, 2.75) is 5.03 Å². The molecule has 1 aromatic rings. The molecular formula is C3H4N2O3S. The van der Waals surface area contributed by atoms with E-state index in [-0.39, 0.29) is 5.03 Å². The normalized spacial score (nSPS) is 11.7. The first-order chi connectivity index (χ1) is 4.11. The van der Waals surface area contributed by atoms with Crippen LogP contribution in [0.5, 0.6) is 0 Å². The average Bonchev–Trinajstić information content (AvgIpc) is 2.08. The van der Waals surface area contributed by atoms with E-state index >= 15 is 0 Å². The van der Waals surface area contributed by atoms with Crippen molar-refractivity contribution in [2.24, 2.45) is 5.14 Å². The van der Waals surface area contributed by atoms with Crippen molar-refractivity contribution in [3.8, 4) is 0 Å². The highest BCUT2D eigenvalue weighted by molar-refractivity contribution is 7.89. The van der Waals surface area contributed by atoms with Crippen LogP contribution in [0.25, 0.3) is 0 Å². The van der Waals surface area contributed by atoms with Gasteiger partial charge in [0.25, 0.3) is 10.0 Å². The molecule has 0 saturated heterocycles. The van der Waals surface area contributed by atoms with Gasteiger partial charge < -0.3 is 4.52 Å². The van der Waals surface area contributed by atoms with Crippen LogP contribution >= 0.6 is 0 Å². The lowest BCUT2D eigenvalue weighted by atomic mass is 10.8. The highest BCUT2D eigenvalue weighted by atomic mass is 32.2. The topological polar surface area (TPSA) is 86.2 Å². The minimum absolute atomic E-state index is 0.248. The summed E-state index contributed by atoms with van der Waals surface area (Å²) in [5.74, 6) is 0. The van der Waals surface area contributed by atoms with Gasteiger partial charge in [0.1, 0.15) is 6.26 Å². The Hall–Kier alpha value is -0.880. The van der Waals surface area contributed by atoms with Crippen molar-refractivity contribution in [1.82, 2.24) is 5.16 Å². The van der Waals surface area contributed by atoms with Crippen LogP contribution in [0, 0.1) is 0 Å². The van der Waals surface area contributed by atoms with E-state index in [0.29, 0.717) is 0 Å². The van der Waals surface area contributed by atoms with E-state index in [1.807, 2.05) is 0 Å². The molecule has 2 N–H and O–H groups in total. The zero-order chi connectivity index (χ0) is 6.91. The van der Waals surface area contributed by atoms with Gasteiger partial charge in [-0.3, -0.25) is 0 Å². The molecule has 6 heteroatoms. The Bertz CT molecular complexity index is 274. The molecule has 50 valence electrons. The number of nitrogens with two attached hydrogens (primary N) is 1. The van der Waals surface area contributed by atoms with Crippen LogP contribution in [0.2, 0.25) is 0 Å². The molecule has 0 saturated carbocycles. The molecule has 0 bridgehead atoms. The predicted molar refractivity (Wildman–Crippen MR) is 27.9 cm³/mol. The van der Waals surface area contributed by atoms with E-state index in [9.17, 15) is 8.42 Å². The van der Waals surface area contributed by atoms with Crippen molar-refractivity contribution >= 4 is 10.0 Å². The largest absolute Gasteiger partial charge is 0.363 e. The predicted octanol–water partition coefficient (Wildman–Crippen LogP) is -0.678. The number of rotatable bonds is 1. The second kappa shape index (κ2) is 1.82. The highest BCUT2D eigenvalue weighted by Crippen LogP contribution is 1.99. The summed E-state index contributed by atoms with van der Waals surface area (Å²) in [6.07, 6.45) is 1.14. The third-order valence-corrected chi connectivity index (χ3v) is 1.50. The Morgan fingerprint density at radius 3 is 2.56 bits per heavy atom. The van der Waals surface area contributed by atoms with Gasteiger partial charge in [0.05, 0.1) is 0 Å². The Balaban J connectivity index is 3.20. The molecule has 0 atom stereocenters. The lowest BCUT2D eigenvalue weighted by Crippen LogP contribution is -2.12. The number of primary sulfonamides is 1. The summed E-state index contributed by atoms with van der Waals surface area (Å²) in [6.45, 7) is 0. The smallest absolute Gasteiger partial charge is 0.259 e. The fraction of sp³-hybridized carbons (Fsp3) is 0. The lowest BCUT2D eigenvalue weighted by molar-refractivity contribution is 0.400. The van der Waals surface area contributed by atoms with Crippen LogP contribution in [0.1, 0.15) is 0 Å². The van der Waals surface area contributed by atoms with E-state index in [1.54, 1.807) is 0 Å². The Morgan fingerprint density at radius 2 is 2.33 bits per heavy atom. The maximum atomic E-state index is 10.3. The number of nitrogens with zero attached hydrogens (tertiary/aromatic N) is 1. The highest BCUT2D eigenvalue weighted by Gasteiger charge is 2.09. The van der Waals surface area contributed by atoms with Gasteiger partial charge in [-0.15, -0.1) is 0 Å². The van der Waals surface area contributed by atoms with E-state index < -0.39 is 10.0 Å². The number of sulfonamides is 1. The third-order valence-electron chi connectivity index (χ3n) is 0.706. The van der Waals surface area contributed by atoms with E-state index in [4.69, 9.17) is 0 Å². The molecule has 5 nitrogen and oxygen atoms in total. The van der Waals surface area contributed by atoms with Crippen LogP contribution in [-0.2, 0) is 10.0 Å². The number of hydrogen-bond donors (Lipinski definition) is 1. The van der Waals surface area contributed by atoms with Crippen molar-refractivity contribution < 1.29 is 12.9 Å². The molecule has 9 heavy (non-hydrogen) atoms. The Morgan fingerprint density at radius 1 is 1.67 bits per heavy atom. The molecule has 1 heterocycles. The van der Waals surface area contributed by atoms with Gasteiger partial charge in [-0.25, -0.2) is 13.6 Å². The molecule has 1 rings (SSSR count). The van der Waals surface area contributed by atoms with Gasteiger partial charge in [-0.1, -0.05) is 5.16 Å². The average molecular weight is 148 g/mol. The summed E-state index contributed by atoms with van der Waals surface area (Å²) >= 11 is 0. The summed E-state index contributed by atoms with van der Waals surface area (Å²) in [4.78, 5) is 0. The van der Waals surface area contributed by atoms with Gasteiger partial charge in [-0.2, -0.15) is 0 Å². The fourth-order valence-electron chi connectivity index (χ4n) is 0.348. The molecule has 0 aliphatic heterocycles. The SMILES string of the molecule is NS(=O)(=O)c1ccon1. The van der Waals surface area contributed by atoms with Gasteiger partial charge >= 0.3 is 0 Å². The minimum Gasteiger partial charge on any atom is -0.363 e. The zero-order valence-electron chi connectivity index (χ0n) is 4.31. The zero-order valence-corrected chi connectivity index (χ0v) is 5.13. The van der Waals surface area contributed by atoms with Crippen molar-refractivity contribution in [2.75, 3.05) is 0 Å². The van der Waals surface area contributed by atoms with Crippen LogP contribution in [-0.4, -0.2) is 13.6 Å². The molecule has 0 fully saturated rings. The second-order valence-electron chi connectivity index (χ2n) is 1.38. The molecule has 0 aromatic carbocycles. The molecule has 0 amide bonds. The maximum Gasteiger partial charge on any atom is 0.259 e. The third kappa shape index (κ3) is 1.27. The standard InChI is InChI=1S/C3H4N2O3S/c4-9(6,7)3-1-2-8-5-3/h1-2H,(H2,4,6,7). The molecule has 0 radical (unpaired) electrons. The monoisotopic (exact) mass is 148 g/mol. The van der Waals surface area contributed by atoms with Crippen LogP contribution in [0.4, 0.5) is 0 Å². The fourth-order valence-corrected chi connectivity index (χ4v) is 0.740. The van der Waals surface area contributed by atoms with Crippen LogP contribution < -0.4 is 5.14 Å². The van der Waals surface area contributed by atoms with Crippen LogP contribution in [0.3, 0.4) is 0 Å². The molecular weight excluding hydrogens is 144 g/mol. The van der Waals surface area contributed by atoms with Gasteiger partial charge in [0.2, 0.25) is 5.03 Å².